The van der Waals surface area contributed by atoms with Crippen LogP contribution in [0, 0.1) is 0 Å². The number of nitrogens with zero attached hydrogens (tertiary/aromatic N) is 2. The Morgan fingerprint density at radius 3 is 2.53 bits per heavy atom. The topological polar surface area (TPSA) is 64.9 Å². The third-order valence-corrected chi connectivity index (χ3v) is 3.27. The fourth-order valence-electron chi connectivity index (χ4n) is 1.86. The fraction of sp³-hybridized carbons (Fsp3) is 0. The zero-order chi connectivity index (χ0) is 13.2. The lowest BCUT2D eigenvalue weighted by molar-refractivity contribution is 0.436. The van der Waals surface area contributed by atoms with Crippen molar-refractivity contribution in [3.05, 3.63) is 53.1 Å². The van der Waals surface area contributed by atoms with Crippen molar-refractivity contribution >= 4 is 21.7 Å². The largest absolute Gasteiger partial charge is 0.380 e. The molecule has 0 amide bonds. The van der Waals surface area contributed by atoms with Gasteiger partial charge in [0.25, 0.3) is 0 Å². The highest BCUT2D eigenvalue weighted by Gasteiger charge is 2.18. The summed E-state index contributed by atoms with van der Waals surface area (Å²) in [5.74, 6) is 0.973. The number of nitrogens with two attached hydrogens (primary N) is 1. The van der Waals surface area contributed by atoms with Gasteiger partial charge in [0.2, 0.25) is 0 Å². The van der Waals surface area contributed by atoms with Crippen LogP contribution in [0.1, 0.15) is 0 Å². The first-order valence-corrected chi connectivity index (χ1v) is 6.47. The van der Waals surface area contributed by atoms with Gasteiger partial charge in [0.05, 0.1) is 11.3 Å². The van der Waals surface area contributed by atoms with Gasteiger partial charge in [0.1, 0.15) is 0 Å². The number of aromatic nitrogens is 2. The normalized spacial score (nSPS) is 10.6. The molecule has 0 aliphatic carbocycles. The van der Waals surface area contributed by atoms with Crippen molar-refractivity contribution in [1.82, 2.24) is 10.1 Å². The van der Waals surface area contributed by atoms with Gasteiger partial charge in [-0.3, -0.25) is 4.98 Å². The van der Waals surface area contributed by atoms with E-state index in [4.69, 9.17) is 10.3 Å². The van der Waals surface area contributed by atoms with Gasteiger partial charge in [-0.15, -0.1) is 0 Å². The first-order chi connectivity index (χ1) is 9.25. The molecule has 1 aromatic carbocycles. The summed E-state index contributed by atoms with van der Waals surface area (Å²) in [5.41, 5.74) is 8.27. The smallest absolute Gasteiger partial charge is 0.178 e. The van der Waals surface area contributed by atoms with Gasteiger partial charge in [-0.25, -0.2) is 0 Å². The average Bonchev–Trinajstić information content (AvgIpc) is 2.82. The SMILES string of the molecule is Nc1noc(-c2ccc(Br)cc2)c1-c1ccccn1. The number of anilines is 1. The number of hydrogen-bond acceptors (Lipinski definition) is 4. The van der Waals surface area contributed by atoms with E-state index in [2.05, 4.69) is 26.1 Å². The van der Waals surface area contributed by atoms with Crippen molar-refractivity contribution in [3.63, 3.8) is 0 Å². The van der Waals surface area contributed by atoms with E-state index in [1.807, 2.05) is 42.5 Å². The van der Waals surface area contributed by atoms with Crippen LogP contribution >= 0.6 is 15.9 Å². The van der Waals surface area contributed by atoms with E-state index in [0.29, 0.717) is 11.6 Å². The molecule has 2 N–H and O–H groups in total. The summed E-state index contributed by atoms with van der Waals surface area (Å²) in [6.07, 6.45) is 1.72. The van der Waals surface area contributed by atoms with E-state index in [1.54, 1.807) is 6.20 Å². The molecule has 0 unspecified atom stereocenters. The second-order valence-corrected chi connectivity index (χ2v) is 4.91. The summed E-state index contributed by atoms with van der Waals surface area (Å²) in [6, 6.07) is 13.4. The molecule has 0 spiro atoms. The minimum Gasteiger partial charge on any atom is -0.380 e. The molecule has 3 rings (SSSR count). The third-order valence-electron chi connectivity index (χ3n) is 2.75. The zero-order valence-electron chi connectivity index (χ0n) is 9.88. The van der Waals surface area contributed by atoms with Crippen LogP contribution in [0.5, 0.6) is 0 Å². The molecule has 0 aliphatic rings. The summed E-state index contributed by atoms with van der Waals surface area (Å²) >= 11 is 3.40. The summed E-state index contributed by atoms with van der Waals surface area (Å²) in [4.78, 5) is 4.30. The van der Waals surface area contributed by atoms with Crippen molar-refractivity contribution in [2.24, 2.45) is 0 Å². The van der Waals surface area contributed by atoms with Gasteiger partial charge in [-0.1, -0.05) is 27.2 Å². The Hall–Kier alpha value is -2.14. The summed E-state index contributed by atoms with van der Waals surface area (Å²) in [5, 5.41) is 3.84. The van der Waals surface area contributed by atoms with Gasteiger partial charge in [0.15, 0.2) is 11.6 Å². The number of halogens is 1. The van der Waals surface area contributed by atoms with Crippen molar-refractivity contribution in [2.75, 3.05) is 5.73 Å². The lowest BCUT2D eigenvalue weighted by atomic mass is 10.1. The molecule has 0 aliphatic heterocycles. The maximum Gasteiger partial charge on any atom is 0.178 e. The monoisotopic (exact) mass is 315 g/mol. The molecule has 94 valence electrons. The Morgan fingerprint density at radius 1 is 1.05 bits per heavy atom. The molecule has 2 aromatic heterocycles. The number of nitrogen functional groups attached to an aromatic ring is 1. The van der Waals surface area contributed by atoms with Crippen molar-refractivity contribution in [1.29, 1.82) is 0 Å². The van der Waals surface area contributed by atoms with Crippen LogP contribution in [0.2, 0.25) is 0 Å². The number of pyridine rings is 1. The van der Waals surface area contributed by atoms with Crippen LogP contribution in [0.4, 0.5) is 5.82 Å². The van der Waals surface area contributed by atoms with E-state index >= 15 is 0 Å². The molecule has 3 aromatic rings. The van der Waals surface area contributed by atoms with Gasteiger partial charge in [-0.05, 0) is 36.4 Å². The maximum atomic E-state index is 5.89. The van der Waals surface area contributed by atoms with E-state index in [1.165, 1.54) is 0 Å². The molecule has 0 fully saturated rings. The van der Waals surface area contributed by atoms with E-state index < -0.39 is 0 Å². The molecule has 0 bridgehead atoms. The van der Waals surface area contributed by atoms with Crippen molar-refractivity contribution < 1.29 is 4.52 Å². The van der Waals surface area contributed by atoms with E-state index in [9.17, 15) is 0 Å². The molecule has 5 heteroatoms. The average molecular weight is 316 g/mol. The maximum absolute atomic E-state index is 5.89. The van der Waals surface area contributed by atoms with Crippen molar-refractivity contribution in [2.45, 2.75) is 0 Å². The molecule has 0 saturated heterocycles. The molecule has 2 heterocycles. The summed E-state index contributed by atoms with van der Waals surface area (Å²) < 4.78 is 6.35. The lowest BCUT2D eigenvalue weighted by Crippen LogP contribution is -1.90. The Labute approximate surface area is 118 Å². The lowest BCUT2D eigenvalue weighted by Gasteiger charge is -2.02. The van der Waals surface area contributed by atoms with Crippen LogP contribution in [0.15, 0.2) is 57.7 Å². The molecule has 4 nitrogen and oxygen atoms in total. The Kier molecular flexibility index (Phi) is 3.05. The zero-order valence-corrected chi connectivity index (χ0v) is 11.5. The van der Waals surface area contributed by atoms with Gasteiger partial charge >= 0.3 is 0 Å². The predicted octanol–water partition coefficient (Wildman–Crippen LogP) is 3.75. The van der Waals surface area contributed by atoms with Gasteiger partial charge in [-0.2, -0.15) is 0 Å². The second kappa shape index (κ2) is 4.85. The highest BCUT2D eigenvalue weighted by Crippen LogP contribution is 2.35. The van der Waals surface area contributed by atoms with Gasteiger partial charge < -0.3 is 10.3 Å². The predicted molar refractivity (Wildman–Crippen MR) is 77.3 cm³/mol. The Balaban J connectivity index is 2.16. The molecule has 0 saturated carbocycles. The quantitative estimate of drug-likeness (QED) is 0.782. The van der Waals surface area contributed by atoms with Crippen LogP contribution in [0.3, 0.4) is 0 Å². The number of benzene rings is 1. The second-order valence-electron chi connectivity index (χ2n) is 3.99. The first kappa shape index (κ1) is 11.9. The first-order valence-electron chi connectivity index (χ1n) is 5.68. The molecule has 0 atom stereocenters. The summed E-state index contributed by atoms with van der Waals surface area (Å²) in [7, 11) is 0. The number of hydrogen-bond donors (Lipinski definition) is 1. The highest BCUT2D eigenvalue weighted by molar-refractivity contribution is 9.10. The molecule has 19 heavy (non-hydrogen) atoms. The fourth-order valence-corrected chi connectivity index (χ4v) is 2.12. The standard InChI is InChI=1S/C14H10BrN3O/c15-10-6-4-9(5-7-10)13-12(14(16)18-19-13)11-3-1-2-8-17-11/h1-8H,(H2,16,18). The van der Waals surface area contributed by atoms with E-state index in [-0.39, 0.29) is 0 Å². The van der Waals surface area contributed by atoms with Crippen LogP contribution in [-0.4, -0.2) is 10.1 Å². The number of rotatable bonds is 2. The molecule has 0 radical (unpaired) electrons. The van der Waals surface area contributed by atoms with Gasteiger partial charge in [0, 0.05) is 16.2 Å². The highest BCUT2D eigenvalue weighted by atomic mass is 79.9. The van der Waals surface area contributed by atoms with E-state index in [0.717, 1.165) is 21.3 Å². The van der Waals surface area contributed by atoms with Crippen LogP contribution < -0.4 is 5.73 Å². The Bertz CT molecular complexity index is 692. The van der Waals surface area contributed by atoms with Crippen molar-refractivity contribution in [3.8, 4) is 22.6 Å². The Morgan fingerprint density at radius 2 is 1.84 bits per heavy atom. The third kappa shape index (κ3) is 2.24. The minimum atomic E-state index is 0.344. The summed E-state index contributed by atoms with van der Waals surface area (Å²) in [6.45, 7) is 0. The van der Waals surface area contributed by atoms with Crippen LogP contribution in [0.25, 0.3) is 22.6 Å². The molecular weight excluding hydrogens is 306 g/mol. The minimum absolute atomic E-state index is 0.344. The van der Waals surface area contributed by atoms with Crippen LogP contribution in [-0.2, 0) is 0 Å². The molecular formula is C14H10BrN3O.